The quantitative estimate of drug-likeness (QED) is 0.209. The smallest absolute Gasteiger partial charge is 0.192 e. The van der Waals surface area contributed by atoms with Gasteiger partial charge < -0.3 is 19.9 Å². The first-order valence-corrected chi connectivity index (χ1v) is 10.1. The molecule has 0 saturated carbocycles. The predicted molar refractivity (Wildman–Crippen MR) is 129 cm³/mol. The molecule has 1 aromatic heterocycles. The van der Waals surface area contributed by atoms with E-state index in [9.17, 15) is 0 Å². The van der Waals surface area contributed by atoms with Gasteiger partial charge in [-0.1, -0.05) is 29.3 Å². The molecule has 0 spiro atoms. The third kappa shape index (κ3) is 8.27. The molecule has 10 heteroatoms. The number of nitrogens with one attached hydrogen (secondary N) is 2. The molecule has 162 valence electrons. The first kappa shape index (κ1) is 25.9. The average molecular weight is 555 g/mol. The number of hydrogen-bond acceptors (Lipinski definition) is 4. The number of guanidine groups is 1. The van der Waals surface area contributed by atoms with Crippen molar-refractivity contribution >= 4 is 53.1 Å². The van der Waals surface area contributed by atoms with Crippen molar-refractivity contribution in [2.24, 2.45) is 12.0 Å². The van der Waals surface area contributed by atoms with Gasteiger partial charge in [-0.25, -0.2) is 4.99 Å². The van der Waals surface area contributed by atoms with Crippen molar-refractivity contribution in [3.8, 4) is 0 Å². The van der Waals surface area contributed by atoms with Gasteiger partial charge in [-0.15, -0.1) is 34.2 Å². The number of nitrogens with zero attached hydrogens (tertiary/aromatic N) is 4. The summed E-state index contributed by atoms with van der Waals surface area (Å²) in [5.41, 5.74) is 1.02. The summed E-state index contributed by atoms with van der Waals surface area (Å²) in [7, 11) is 1.93. The molecule has 0 bridgehead atoms. The number of aryl methyl sites for hydroxylation is 1. The van der Waals surface area contributed by atoms with Gasteiger partial charge in [0, 0.05) is 26.8 Å². The van der Waals surface area contributed by atoms with Crippen LogP contribution in [0.25, 0.3) is 0 Å². The van der Waals surface area contributed by atoms with Crippen molar-refractivity contribution in [1.29, 1.82) is 0 Å². The SMILES string of the molecule is CCOCCCNC(=NCc1nnc(C)n1C)NC(C)c1ccc(Cl)c(Cl)c1.I. The summed E-state index contributed by atoms with van der Waals surface area (Å²) in [4.78, 5) is 4.66. The molecule has 2 rings (SSSR count). The molecule has 29 heavy (non-hydrogen) atoms. The molecule has 2 aromatic rings. The number of ether oxygens (including phenoxy) is 1. The molecular formula is C19H29Cl2IN6O. The molecule has 0 amide bonds. The van der Waals surface area contributed by atoms with Crippen LogP contribution in [-0.4, -0.2) is 40.5 Å². The summed E-state index contributed by atoms with van der Waals surface area (Å²) in [6.07, 6.45) is 0.888. The highest BCUT2D eigenvalue weighted by Gasteiger charge is 2.11. The van der Waals surface area contributed by atoms with Crippen molar-refractivity contribution < 1.29 is 4.74 Å². The second kappa shape index (κ2) is 13.3. The zero-order chi connectivity index (χ0) is 20.5. The summed E-state index contributed by atoms with van der Waals surface area (Å²) in [5.74, 6) is 2.35. The maximum Gasteiger partial charge on any atom is 0.192 e. The lowest BCUT2D eigenvalue weighted by molar-refractivity contribution is 0.145. The van der Waals surface area contributed by atoms with E-state index in [-0.39, 0.29) is 30.0 Å². The fourth-order valence-corrected chi connectivity index (χ4v) is 2.79. The van der Waals surface area contributed by atoms with Gasteiger partial charge in [-0.2, -0.15) is 0 Å². The Labute approximate surface area is 199 Å². The van der Waals surface area contributed by atoms with Crippen LogP contribution >= 0.6 is 47.2 Å². The van der Waals surface area contributed by atoms with Crippen molar-refractivity contribution in [2.75, 3.05) is 19.8 Å². The van der Waals surface area contributed by atoms with Gasteiger partial charge in [0.15, 0.2) is 11.8 Å². The lowest BCUT2D eigenvalue weighted by Gasteiger charge is -2.19. The lowest BCUT2D eigenvalue weighted by atomic mass is 10.1. The Morgan fingerprint density at radius 2 is 2.03 bits per heavy atom. The van der Waals surface area contributed by atoms with Crippen molar-refractivity contribution in [1.82, 2.24) is 25.4 Å². The van der Waals surface area contributed by atoms with E-state index in [4.69, 9.17) is 27.9 Å². The normalized spacial score (nSPS) is 12.4. The molecule has 2 N–H and O–H groups in total. The Kier molecular flexibility index (Phi) is 11.9. The van der Waals surface area contributed by atoms with Crippen LogP contribution < -0.4 is 10.6 Å². The molecule has 7 nitrogen and oxygen atoms in total. The first-order valence-electron chi connectivity index (χ1n) is 9.34. The van der Waals surface area contributed by atoms with Crippen LogP contribution in [0.3, 0.4) is 0 Å². The highest BCUT2D eigenvalue weighted by Crippen LogP contribution is 2.25. The molecule has 0 saturated heterocycles. The van der Waals surface area contributed by atoms with Gasteiger partial charge in [0.25, 0.3) is 0 Å². The van der Waals surface area contributed by atoms with E-state index in [1.165, 1.54) is 0 Å². The van der Waals surface area contributed by atoms with Gasteiger partial charge in [-0.3, -0.25) is 0 Å². The minimum Gasteiger partial charge on any atom is -0.382 e. The standard InChI is InChI=1S/C19H28Cl2N6O.HI/c1-5-28-10-6-9-22-19(23-12-18-26-25-14(3)27(18)4)24-13(2)15-7-8-16(20)17(21)11-15;/h7-8,11,13H,5-6,9-10,12H2,1-4H3,(H2,22,23,24);1H. The van der Waals surface area contributed by atoms with Crippen LogP contribution in [0.5, 0.6) is 0 Å². The van der Waals surface area contributed by atoms with Crippen molar-refractivity contribution in [3.05, 3.63) is 45.5 Å². The highest BCUT2D eigenvalue weighted by atomic mass is 127. The number of aromatic nitrogens is 3. The Hall–Kier alpha value is -1.10. The fourth-order valence-electron chi connectivity index (χ4n) is 2.49. The van der Waals surface area contributed by atoms with E-state index < -0.39 is 0 Å². The molecule has 1 unspecified atom stereocenters. The number of rotatable bonds is 9. The molecule has 0 radical (unpaired) electrons. The van der Waals surface area contributed by atoms with E-state index in [1.54, 1.807) is 6.07 Å². The number of halogens is 3. The van der Waals surface area contributed by atoms with E-state index in [0.717, 1.165) is 36.8 Å². The molecule has 0 aliphatic carbocycles. The molecule has 1 atom stereocenters. The van der Waals surface area contributed by atoms with Gasteiger partial charge in [0.05, 0.1) is 16.1 Å². The number of aliphatic imine (C=N–C) groups is 1. The van der Waals surface area contributed by atoms with Crippen LogP contribution in [0.2, 0.25) is 10.0 Å². The van der Waals surface area contributed by atoms with Gasteiger partial charge >= 0.3 is 0 Å². The monoisotopic (exact) mass is 554 g/mol. The zero-order valence-electron chi connectivity index (χ0n) is 17.2. The predicted octanol–water partition coefficient (Wildman–Crippen LogP) is 4.27. The number of benzene rings is 1. The minimum atomic E-state index is -0.00542. The Balaban J connectivity index is 0.00000420. The Morgan fingerprint density at radius 1 is 1.28 bits per heavy atom. The molecule has 1 aromatic carbocycles. The molecular weight excluding hydrogens is 526 g/mol. The van der Waals surface area contributed by atoms with Gasteiger partial charge in [0.2, 0.25) is 0 Å². The largest absolute Gasteiger partial charge is 0.382 e. The summed E-state index contributed by atoms with van der Waals surface area (Å²) < 4.78 is 7.32. The lowest BCUT2D eigenvalue weighted by Crippen LogP contribution is -2.39. The summed E-state index contributed by atoms with van der Waals surface area (Å²) in [6.45, 7) is 8.55. The second-order valence-corrected chi connectivity index (χ2v) is 7.22. The Morgan fingerprint density at radius 3 is 2.66 bits per heavy atom. The molecule has 0 fully saturated rings. The first-order chi connectivity index (χ1) is 13.4. The third-order valence-corrected chi connectivity index (χ3v) is 5.06. The molecule has 0 aliphatic heterocycles. The number of hydrogen-bond donors (Lipinski definition) is 2. The van der Waals surface area contributed by atoms with Crippen LogP contribution in [0.4, 0.5) is 0 Å². The third-order valence-electron chi connectivity index (χ3n) is 4.32. The van der Waals surface area contributed by atoms with E-state index >= 15 is 0 Å². The van der Waals surface area contributed by atoms with Crippen LogP contribution in [0, 0.1) is 6.92 Å². The van der Waals surface area contributed by atoms with Crippen LogP contribution in [-0.2, 0) is 18.3 Å². The van der Waals surface area contributed by atoms with Crippen LogP contribution in [0.1, 0.15) is 43.5 Å². The second-order valence-electron chi connectivity index (χ2n) is 6.40. The van der Waals surface area contributed by atoms with E-state index in [0.29, 0.717) is 29.2 Å². The zero-order valence-corrected chi connectivity index (χ0v) is 21.0. The fraction of sp³-hybridized carbons (Fsp3) is 0.526. The highest BCUT2D eigenvalue weighted by molar-refractivity contribution is 14.0. The summed E-state index contributed by atoms with van der Waals surface area (Å²) in [5, 5.41) is 16.1. The molecule has 0 aliphatic rings. The van der Waals surface area contributed by atoms with Crippen LogP contribution in [0.15, 0.2) is 23.2 Å². The maximum atomic E-state index is 6.15. The Bertz CT molecular complexity index is 799. The van der Waals surface area contributed by atoms with E-state index in [2.05, 4.69) is 25.8 Å². The topological polar surface area (TPSA) is 76.4 Å². The molecule has 1 heterocycles. The van der Waals surface area contributed by atoms with Gasteiger partial charge in [0.1, 0.15) is 12.4 Å². The summed E-state index contributed by atoms with van der Waals surface area (Å²) in [6, 6.07) is 5.60. The van der Waals surface area contributed by atoms with E-state index in [1.807, 2.05) is 44.5 Å². The summed E-state index contributed by atoms with van der Waals surface area (Å²) >= 11 is 12.2. The average Bonchev–Trinajstić information content (AvgIpc) is 2.99. The maximum absolute atomic E-state index is 6.15. The minimum absolute atomic E-state index is 0. The van der Waals surface area contributed by atoms with Crippen molar-refractivity contribution in [3.63, 3.8) is 0 Å². The van der Waals surface area contributed by atoms with Crippen molar-refractivity contribution in [2.45, 2.75) is 39.8 Å². The van der Waals surface area contributed by atoms with Gasteiger partial charge in [-0.05, 0) is 44.9 Å².